The van der Waals surface area contributed by atoms with E-state index in [2.05, 4.69) is 10.6 Å². The molecule has 0 radical (unpaired) electrons. The number of halogens is 1. The largest absolute Gasteiger partial charge is 0.497 e. The molecule has 0 fully saturated rings. The number of fused-ring (bicyclic) bond motifs is 1. The Morgan fingerprint density at radius 2 is 2.04 bits per heavy atom. The number of carbonyl (C=O) groups is 1. The molecule has 2 aromatic rings. The molecule has 1 atom stereocenters. The highest BCUT2D eigenvalue weighted by Crippen LogP contribution is 2.36. The zero-order valence-corrected chi connectivity index (χ0v) is 14.8. The molecule has 25 heavy (non-hydrogen) atoms. The van der Waals surface area contributed by atoms with Crippen LogP contribution in [0.25, 0.3) is 0 Å². The van der Waals surface area contributed by atoms with Gasteiger partial charge < -0.3 is 20.1 Å². The number of thioether (sulfide) groups is 1. The first-order valence-corrected chi connectivity index (χ1v) is 8.81. The Kier molecular flexibility index (Phi) is 5.33. The van der Waals surface area contributed by atoms with Crippen LogP contribution >= 0.6 is 11.8 Å². The van der Waals surface area contributed by atoms with E-state index in [1.54, 1.807) is 43.1 Å². The molecule has 1 aliphatic rings. The molecule has 1 heterocycles. The molecule has 0 unspecified atom stereocenters. The number of hydrogen-bond acceptors (Lipinski definition) is 4. The number of benzene rings is 2. The molecule has 0 aliphatic carbocycles. The second-order valence-corrected chi connectivity index (χ2v) is 6.67. The van der Waals surface area contributed by atoms with Crippen molar-refractivity contribution in [2.75, 3.05) is 25.3 Å². The van der Waals surface area contributed by atoms with E-state index in [0.29, 0.717) is 17.2 Å². The number of nitrogens with one attached hydrogen (secondary N) is 2. The van der Waals surface area contributed by atoms with E-state index in [9.17, 15) is 9.18 Å². The number of ether oxygens (including phenoxy) is 2. The number of anilines is 1. The van der Waals surface area contributed by atoms with Crippen molar-refractivity contribution in [2.45, 2.75) is 17.4 Å². The second-order valence-electron chi connectivity index (χ2n) is 5.54. The van der Waals surface area contributed by atoms with Crippen LogP contribution < -0.4 is 20.1 Å². The Bertz CT molecular complexity index is 785. The van der Waals surface area contributed by atoms with Gasteiger partial charge in [0.05, 0.1) is 25.9 Å². The minimum atomic E-state index is -0.376. The van der Waals surface area contributed by atoms with Crippen molar-refractivity contribution in [3.05, 3.63) is 47.8 Å². The van der Waals surface area contributed by atoms with Crippen LogP contribution in [0.1, 0.15) is 18.0 Å². The Morgan fingerprint density at radius 1 is 1.20 bits per heavy atom. The average molecular weight is 362 g/mol. The zero-order chi connectivity index (χ0) is 17.8. The van der Waals surface area contributed by atoms with Crippen LogP contribution in [-0.2, 0) is 0 Å². The van der Waals surface area contributed by atoms with Gasteiger partial charge in [-0.1, -0.05) is 0 Å². The van der Waals surface area contributed by atoms with Gasteiger partial charge in [-0.05, 0) is 42.3 Å². The number of amides is 2. The maximum atomic E-state index is 13.6. The average Bonchev–Trinajstić information content (AvgIpc) is 2.62. The molecule has 132 valence electrons. The van der Waals surface area contributed by atoms with Gasteiger partial charge in [0.15, 0.2) is 0 Å². The molecule has 0 saturated heterocycles. The van der Waals surface area contributed by atoms with Gasteiger partial charge in [0.25, 0.3) is 0 Å². The Labute approximate surface area is 149 Å². The highest BCUT2D eigenvalue weighted by Gasteiger charge is 2.23. The lowest BCUT2D eigenvalue weighted by molar-refractivity contribution is 0.248. The van der Waals surface area contributed by atoms with Crippen LogP contribution in [0.3, 0.4) is 0 Å². The van der Waals surface area contributed by atoms with Crippen LogP contribution in [0.5, 0.6) is 11.5 Å². The molecule has 0 saturated carbocycles. The molecule has 5 nitrogen and oxygen atoms in total. The number of urea groups is 1. The minimum Gasteiger partial charge on any atom is -0.497 e. The summed E-state index contributed by atoms with van der Waals surface area (Å²) < 4.78 is 24.0. The van der Waals surface area contributed by atoms with Gasteiger partial charge in [-0.2, -0.15) is 0 Å². The summed E-state index contributed by atoms with van der Waals surface area (Å²) in [6.07, 6.45) is 0.740. The summed E-state index contributed by atoms with van der Waals surface area (Å²) in [5, 5.41) is 5.69. The van der Waals surface area contributed by atoms with E-state index in [-0.39, 0.29) is 17.9 Å². The SMILES string of the molecule is COc1ccc(OC)c(NC(=O)N[C@H]2CCSc3ccc(F)cc32)c1. The van der Waals surface area contributed by atoms with Gasteiger partial charge in [0.1, 0.15) is 17.3 Å². The third-order valence-corrected chi connectivity index (χ3v) is 5.09. The van der Waals surface area contributed by atoms with Crippen molar-refractivity contribution >= 4 is 23.5 Å². The lowest BCUT2D eigenvalue weighted by atomic mass is 10.0. The van der Waals surface area contributed by atoms with E-state index in [1.165, 1.54) is 19.2 Å². The molecule has 0 bridgehead atoms. The fourth-order valence-electron chi connectivity index (χ4n) is 2.74. The predicted molar refractivity (Wildman–Crippen MR) is 96.2 cm³/mol. The number of rotatable bonds is 4. The topological polar surface area (TPSA) is 59.6 Å². The number of methoxy groups -OCH3 is 2. The molecule has 2 amide bonds. The Hall–Kier alpha value is -2.41. The first-order chi connectivity index (χ1) is 12.1. The summed E-state index contributed by atoms with van der Waals surface area (Å²) >= 11 is 1.67. The van der Waals surface area contributed by atoms with Gasteiger partial charge in [0.2, 0.25) is 0 Å². The van der Waals surface area contributed by atoms with Crippen molar-refractivity contribution in [3.8, 4) is 11.5 Å². The van der Waals surface area contributed by atoms with Crippen LogP contribution in [-0.4, -0.2) is 26.0 Å². The Balaban J connectivity index is 1.75. The summed E-state index contributed by atoms with van der Waals surface area (Å²) in [6.45, 7) is 0. The highest BCUT2D eigenvalue weighted by atomic mass is 32.2. The summed E-state index contributed by atoms with van der Waals surface area (Å²) in [4.78, 5) is 13.4. The first-order valence-electron chi connectivity index (χ1n) is 7.82. The minimum absolute atomic E-state index is 0.233. The summed E-state index contributed by atoms with van der Waals surface area (Å²) in [5.41, 5.74) is 1.31. The molecule has 2 aromatic carbocycles. The third kappa shape index (κ3) is 3.99. The monoisotopic (exact) mass is 362 g/mol. The predicted octanol–water partition coefficient (Wildman–Crippen LogP) is 4.20. The quantitative estimate of drug-likeness (QED) is 0.856. The molecule has 7 heteroatoms. The third-order valence-electron chi connectivity index (χ3n) is 3.97. The van der Waals surface area contributed by atoms with Gasteiger partial charge in [-0.25, -0.2) is 9.18 Å². The zero-order valence-electron chi connectivity index (χ0n) is 14.0. The van der Waals surface area contributed by atoms with Gasteiger partial charge in [-0.15, -0.1) is 11.8 Å². The second kappa shape index (κ2) is 7.65. The molecule has 0 spiro atoms. The van der Waals surface area contributed by atoms with Crippen molar-refractivity contribution < 1.29 is 18.7 Å². The van der Waals surface area contributed by atoms with Crippen LogP contribution in [0.4, 0.5) is 14.9 Å². The lowest BCUT2D eigenvalue weighted by Gasteiger charge is -2.26. The summed E-state index contributed by atoms with van der Waals surface area (Å²) in [7, 11) is 3.08. The summed E-state index contributed by atoms with van der Waals surface area (Å²) in [5.74, 6) is 1.70. The van der Waals surface area contributed by atoms with Crippen molar-refractivity contribution in [2.24, 2.45) is 0 Å². The lowest BCUT2D eigenvalue weighted by Crippen LogP contribution is -2.34. The fraction of sp³-hybridized carbons (Fsp3) is 0.278. The first kappa shape index (κ1) is 17.4. The van der Waals surface area contributed by atoms with E-state index >= 15 is 0 Å². The number of hydrogen-bond donors (Lipinski definition) is 2. The maximum absolute atomic E-state index is 13.6. The summed E-state index contributed by atoms with van der Waals surface area (Å²) in [6, 6.07) is 9.22. The number of carbonyl (C=O) groups excluding carboxylic acids is 1. The van der Waals surface area contributed by atoms with Gasteiger partial charge in [-0.3, -0.25) is 0 Å². The molecule has 1 aliphatic heterocycles. The van der Waals surface area contributed by atoms with Crippen molar-refractivity contribution in [1.82, 2.24) is 5.32 Å². The van der Waals surface area contributed by atoms with E-state index < -0.39 is 0 Å². The van der Waals surface area contributed by atoms with E-state index in [4.69, 9.17) is 9.47 Å². The van der Waals surface area contributed by atoms with E-state index in [1.807, 2.05) is 0 Å². The van der Waals surface area contributed by atoms with Crippen molar-refractivity contribution in [3.63, 3.8) is 0 Å². The van der Waals surface area contributed by atoms with Gasteiger partial charge >= 0.3 is 6.03 Å². The van der Waals surface area contributed by atoms with Crippen molar-refractivity contribution in [1.29, 1.82) is 0 Å². The molecule has 3 rings (SSSR count). The molecule has 2 N–H and O–H groups in total. The molecular formula is C18H19FN2O3S. The molecule has 0 aromatic heterocycles. The van der Waals surface area contributed by atoms with Crippen LogP contribution in [0, 0.1) is 5.82 Å². The fourth-order valence-corrected chi connectivity index (χ4v) is 3.85. The van der Waals surface area contributed by atoms with Gasteiger partial charge in [0, 0.05) is 16.7 Å². The molecular weight excluding hydrogens is 343 g/mol. The standard InChI is InChI=1S/C18H19FN2O3S/c1-23-12-4-5-16(24-2)15(10-12)21-18(22)20-14-7-8-25-17-6-3-11(19)9-13(14)17/h3-6,9-10,14H,7-8H2,1-2H3,(H2,20,21,22)/t14-/m0/s1. The van der Waals surface area contributed by atoms with Crippen LogP contribution in [0.2, 0.25) is 0 Å². The van der Waals surface area contributed by atoms with Crippen LogP contribution in [0.15, 0.2) is 41.3 Å². The normalized spacial score (nSPS) is 15.9. The highest BCUT2D eigenvalue weighted by molar-refractivity contribution is 7.99. The Morgan fingerprint density at radius 3 is 2.80 bits per heavy atom. The maximum Gasteiger partial charge on any atom is 0.319 e. The smallest absolute Gasteiger partial charge is 0.319 e. The van der Waals surface area contributed by atoms with E-state index in [0.717, 1.165) is 22.6 Å².